The number of aromatic hydroxyl groups is 1. The summed E-state index contributed by atoms with van der Waals surface area (Å²) in [5.41, 5.74) is 0.741. The maximum Gasteiger partial charge on any atom is 0.279 e. The van der Waals surface area contributed by atoms with Crippen LogP contribution in [0, 0.1) is 0 Å². The van der Waals surface area contributed by atoms with E-state index in [0.29, 0.717) is 5.69 Å². The van der Waals surface area contributed by atoms with Crippen molar-refractivity contribution in [1.82, 2.24) is 10.2 Å². The van der Waals surface area contributed by atoms with Crippen LogP contribution < -0.4 is 10.6 Å². The van der Waals surface area contributed by atoms with Gasteiger partial charge in [0.25, 0.3) is 11.8 Å². The van der Waals surface area contributed by atoms with Gasteiger partial charge < -0.3 is 15.7 Å². The minimum Gasteiger partial charge on any atom is -0.506 e. The van der Waals surface area contributed by atoms with Crippen LogP contribution in [0.5, 0.6) is 5.75 Å². The molecule has 0 aromatic heterocycles. The van der Waals surface area contributed by atoms with Crippen LogP contribution in [-0.2, 0) is 9.59 Å². The number of nitrogens with one attached hydrogen (secondary N) is 2. The second-order valence-electron chi connectivity index (χ2n) is 4.86. The van der Waals surface area contributed by atoms with Crippen molar-refractivity contribution in [2.75, 3.05) is 12.4 Å². The highest BCUT2D eigenvalue weighted by Gasteiger charge is 2.36. The summed E-state index contributed by atoms with van der Waals surface area (Å²) in [5.74, 6) is -0.804. The standard InChI is InChI=1S/C14H17N3O3/c1-8(2)15-11-12(14(20)17(3)13(11)19)16-9-6-4-5-7-10(9)18/h4-8,15-16,18H,1-3H3. The van der Waals surface area contributed by atoms with E-state index in [-0.39, 0.29) is 29.1 Å². The second kappa shape index (κ2) is 5.24. The van der Waals surface area contributed by atoms with Gasteiger partial charge in [-0.2, -0.15) is 0 Å². The number of phenols is 1. The third-order valence-corrected chi connectivity index (χ3v) is 2.88. The summed E-state index contributed by atoms with van der Waals surface area (Å²) in [6.45, 7) is 3.75. The van der Waals surface area contributed by atoms with Gasteiger partial charge in [-0.3, -0.25) is 14.5 Å². The van der Waals surface area contributed by atoms with E-state index >= 15 is 0 Å². The van der Waals surface area contributed by atoms with Crippen LogP contribution in [0.1, 0.15) is 13.8 Å². The quantitative estimate of drug-likeness (QED) is 0.564. The molecule has 1 heterocycles. The second-order valence-corrected chi connectivity index (χ2v) is 4.86. The number of hydrogen-bond donors (Lipinski definition) is 3. The summed E-state index contributed by atoms with van der Waals surface area (Å²) in [7, 11) is 1.42. The Kier molecular flexibility index (Phi) is 3.65. The van der Waals surface area contributed by atoms with Gasteiger partial charge in [0.15, 0.2) is 0 Å². The molecule has 1 aromatic rings. The maximum atomic E-state index is 12.1. The van der Waals surface area contributed by atoms with Gasteiger partial charge in [0.05, 0.1) is 5.69 Å². The van der Waals surface area contributed by atoms with Gasteiger partial charge in [-0.1, -0.05) is 12.1 Å². The molecule has 2 amide bonds. The van der Waals surface area contributed by atoms with Crippen molar-refractivity contribution in [3.8, 4) is 5.75 Å². The van der Waals surface area contributed by atoms with Gasteiger partial charge in [-0.15, -0.1) is 0 Å². The number of carbonyl (C=O) groups is 2. The van der Waals surface area contributed by atoms with Gasteiger partial charge in [0.2, 0.25) is 0 Å². The Labute approximate surface area is 117 Å². The normalized spacial score (nSPS) is 15.3. The molecule has 6 heteroatoms. The van der Waals surface area contributed by atoms with Crippen molar-refractivity contribution < 1.29 is 14.7 Å². The molecule has 3 N–H and O–H groups in total. The molecule has 0 unspecified atom stereocenters. The molecule has 1 aliphatic heterocycles. The molecule has 0 spiro atoms. The lowest BCUT2D eigenvalue weighted by atomic mass is 10.2. The number of benzene rings is 1. The number of rotatable bonds is 4. The van der Waals surface area contributed by atoms with Gasteiger partial charge in [0, 0.05) is 13.1 Å². The SMILES string of the molecule is CC(C)NC1=C(Nc2ccccc2O)C(=O)N(C)C1=O. The summed E-state index contributed by atoms with van der Waals surface area (Å²) in [6, 6.07) is 6.54. The van der Waals surface area contributed by atoms with E-state index in [2.05, 4.69) is 10.6 Å². The van der Waals surface area contributed by atoms with Crippen LogP contribution >= 0.6 is 0 Å². The first-order valence-electron chi connectivity index (χ1n) is 6.30. The first kappa shape index (κ1) is 13.9. The average Bonchev–Trinajstić information content (AvgIpc) is 2.58. The first-order chi connectivity index (χ1) is 9.41. The molecule has 20 heavy (non-hydrogen) atoms. The summed E-state index contributed by atoms with van der Waals surface area (Å²) in [6.07, 6.45) is 0. The van der Waals surface area contributed by atoms with Gasteiger partial charge in [-0.25, -0.2) is 0 Å². The highest BCUT2D eigenvalue weighted by Crippen LogP contribution is 2.26. The molecular formula is C14H17N3O3. The molecule has 0 saturated heterocycles. The number of nitrogens with zero attached hydrogens (tertiary/aromatic N) is 1. The third kappa shape index (κ3) is 2.45. The topological polar surface area (TPSA) is 81.7 Å². The van der Waals surface area contributed by atoms with Crippen LogP contribution in [0.4, 0.5) is 5.69 Å². The highest BCUT2D eigenvalue weighted by molar-refractivity contribution is 6.20. The van der Waals surface area contributed by atoms with E-state index in [1.807, 2.05) is 13.8 Å². The lowest BCUT2D eigenvalue weighted by molar-refractivity contribution is -0.136. The lowest BCUT2D eigenvalue weighted by Gasteiger charge is -2.12. The largest absolute Gasteiger partial charge is 0.506 e. The van der Waals surface area contributed by atoms with Crippen molar-refractivity contribution in [1.29, 1.82) is 0 Å². The molecule has 1 aromatic carbocycles. The molecule has 0 atom stereocenters. The summed E-state index contributed by atoms with van der Waals surface area (Å²) in [4.78, 5) is 25.1. The maximum absolute atomic E-state index is 12.1. The van der Waals surface area contributed by atoms with Crippen molar-refractivity contribution in [3.05, 3.63) is 35.7 Å². The van der Waals surface area contributed by atoms with Gasteiger partial charge in [-0.05, 0) is 26.0 Å². The van der Waals surface area contributed by atoms with Crippen LogP contribution in [-0.4, -0.2) is 34.9 Å². The average molecular weight is 275 g/mol. The molecule has 6 nitrogen and oxygen atoms in total. The lowest BCUT2D eigenvalue weighted by Crippen LogP contribution is -2.32. The Morgan fingerprint density at radius 1 is 1.10 bits per heavy atom. The first-order valence-corrected chi connectivity index (χ1v) is 6.30. The number of carbonyl (C=O) groups excluding carboxylic acids is 2. The summed E-state index contributed by atoms with van der Waals surface area (Å²) in [5, 5.41) is 15.5. The number of amides is 2. The van der Waals surface area contributed by atoms with Crippen LogP contribution in [0.3, 0.4) is 0 Å². The zero-order valence-electron chi connectivity index (χ0n) is 11.6. The van der Waals surface area contributed by atoms with Gasteiger partial charge >= 0.3 is 0 Å². The zero-order chi connectivity index (χ0) is 14.9. The molecule has 0 saturated carbocycles. The minimum absolute atomic E-state index is 0.00872. The smallest absolute Gasteiger partial charge is 0.279 e. The number of para-hydroxylation sites is 2. The van der Waals surface area contributed by atoms with Crippen LogP contribution in [0.25, 0.3) is 0 Å². The molecule has 0 radical (unpaired) electrons. The Balaban J connectivity index is 2.39. The number of anilines is 1. The monoisotopic (exact) mass is 275 g/mol. The Morgan fingerprint density at radius 2 is 1.70 bits per heavy atom. The highest BCUT2D eigenvalue weighted by atomic mass is 16.3. The predicted octanol–water partition coefficient (Wildman–Crippen LogP) is 1.01. The number of imide groups is 1. The number of hydrogen-bond acceptors (Lipinski definition) is 5. The molecule has 1 aliphatic rings. The van der Waals surface area contributed by atoms with E-state index in [9.17, 15) is 14.7 Å². The predicted molar refractivity (Wildman–Crippen MR) is 74.8 cm³/mol. The Hall–Kier alpha value is -2.50. The van der Waals surface area contributed by atoms with E-state index in [0.717, 1.165) is 4.90 Å². The molecule has 2 rings (SSSR count). The van der Waals surface area contributed by atoms with E-state index in [4.69, 9.17) is 0 Å². The van der Waals surface area contributed by atoms with Crippen molar-refractivity contribution in [3.63, 3.8) is 0 Å². The van der Waals surface area contributed by atoms with E-state index in [1.54, 1.807) is 18.2 Å². The van der Waals surface area contributed by atoms with Crippen molar-refractivity contribution >= 4 is 17.5 Å². The zero-order valence-corrected chi connectivity index (χ0v) is 11.6. The fourth-order valence-corrected chi connectivity index (χ4v) is 1.89. The van der Waals surface area contributed by atoms with Crippen molar-refractivity contribution in [2.24, 2.45) is 0 Å². The molecule has 0 bridgehead atoms. The Bertz CT molecular complexity index is 593. The van der Waals surface area contributed by atoms with E-state index < -0.39 is 5.91 Å². The molecule has 106 valence electrons. The third-order valence-electron chi connectivity index (χ3n) is 2.88. The van der Waals surface area contributed by atoms with Crippen LogP contribution in [0.2, 0.25) is 0 Å². The number of likely N-dealkylation sites (N-methyl/N-ethyl adjacent to an activating group) is 1. The Morgan fingerprint density at radius 3 is 2.30 bits per heavy atom. The number of phenolic OH excluding ortho intramolecular Hbond substituents is 1. The molecule has 0 fully saturated rings. The summed E-state index contributed by atoms with van der Waals surface area (Å²) < 4.78 is 0. The molecular weight excluding hydrogens is 258 g/mol. The van der Waals surface area contributed by atoms with E-state index in [1.165, 1.54) is 13.1 Å². The minimum atomic E-state index is -0.429. The van der Waals surface area contributed by atoms with Gasteiger partial charge in [0.1, 0.15) is 17.1 Å². The molecule has 0 aliphatic carbocycles. The fourth-order valence-electron chi connectivity index (χ4n) is 1.89. The summed E-state index contributed by atoms with van der Waals surface area (Å²) >= 11 is 0. The van der Waals surface area contributed by atoms with Crippen LogP contribution in [0.15, 0.2) is 35.7 Å². The fraction of sp³-hybridized carbons (Fsp3) is 0.286. The van der Waals surface area contributed by atoms with Crippen molar-refractivity contribution in [2.45, 2.75) is 19.9 Å².